The molecule has 70 valence electrons. The highest BCUT2D eigenvalue weighted by Crippen LogP contribution is 2.12. The highest BCUT2D eigenvalue weighted by molar-refractivity contribution is 5.72. The van der Waals surface area contributed by atoms with Gasteiger partial charge < -0.3 is 5.32 Å². The Kier molecular flexibility index (Phi) is 3.49. The fourth-order valence-electron chi connectivity index (χ4n) is 1.55. The summed E-state index contributed by atoms with van der Waals surface area (Å²) in [4.78, 5) is 10.6. The van der Waals surface area contributed by atoms with Crippen LogP contribution in [0.2, 0.25) is 0 Å². The highest BCUT2D eigenvalue weighted by Gasteiger charge is 2.17. The topological polar surface area (TPSA) is 58.4 Å². The largest absolute Gasteiger partial charge is 0.356 e. The summed E-state index contributed by atoms with van der Waals surface area (Å²) in [6, 6.07) is 0. The molecule has 1 rings (SSSR count). The van der Waals surface area contributed by atoms with Gasteiger partial charge in [-0.15, -0.1) is 0 Å². The Balaban J connectivity index is 2.18. The Bertz CT molecular complexity index is 160. The van der Waals surface area contributed by atoms with Gasteiger partial charge in [0.1, 0.15) is 0 Å². The third kappa shape index (κ3) is 3.19. The van der Waals surface area contributed by atoms with E-state index in [4.69, 9.17) is 5.84 Å². The number of carbonyl (C=O) groups is 1. The lowest BCUT2D eigenvalue weighted by Gasteiger charge is -2.29. The number of carbonyl (C=O) groups excluding carboxylic acids is 1. The number of nitrogens with two attached hydrogens (primary N) is 1. The van der Waals surface area contributed by atoms with Crippen LogP contribution in [0.4, 0.5) is 0 Å². The fourth-order valence-corrected chi connectivity index (χ4v) is 1.55. The van der Waals surface area contributed by atoms with Crippen molar-refractivity contribution in [3.63, 3.8) is 0 Å². The lowest BCUT2D eigenvalue weighted by molar-refractivity contribution is -0.119. The van der Waals surface area contributed by atoms with Crippen molar-refractivity contribution in [2.75, 3.05) is 19.6 Å². The maximum absolute atomic E-state index is 10.6. The van der Waals surface area contributed by atoms with Crippen LogP contribution >= 0.6 is 0 Å². The molecule has 4 heteroatoms. The van der Waals surface area contributed by atoms with Gasteiger partial charge in [0.05, 0.1) is 0 Å². The Morgan fingerprint density at radius 3 is 3.08 bits per heavy atom. The van der Waals surface area contributed by atoms with Gasteiger partial charge in [0, 0.05) is 26.6 Å². The average Bonchev–Trinajstić information content (AvgIpc) is 2.01. The van der Waals surface area contributed by atoms with Crippen molar-refractivity contribution in [3.8, 4) is 0 Å². The summed E-state index contributed by atoms with van der Waals surface area (Å²) in [6.45, 7) is 4.20. The minimum Gasteiger partial charge on any atom is -0.356 e. The Hall–Kier alpha value is -0.610. The number of hydrogen-bond acceptors (Lipinski definition) is 3. The number of nitrogens with one attached hydrogen (secondary N) is 1. The van der Waals surface area contributed by atoms with Crippen molar-refractivity contribution in [2.45, 2.75) is 19.8 Å². The van der Waals surface area contributed by atoms with Crippen LogP contribution in [0.15, 0.2) is 0 Å². The van der Waals surface area contributed by atoms with Crippen LogP contribution in [0.3, 0.4) is 0 Å². The van der Waals surface area contributed by atoms with E-state index in [0.29, 0.717) is 5.92 Å². The number of piperidine rings is 1. The zero-order valence-corrected chi connectivity index (χ0v) is 7.55. The molecule has 0 aromatic rings. The van der Waals surface area contributed by atoms with E-state index in [1.165, 1.54) is 6.42 Å². The molecule has 0 bridgehead atoms. The quantitative estimate of drug-likeness (QED) is 0.561. The Morgan fingerprint density at radius 2 is 2.50 bits per heavy atom. The first-order valence-electron chi connectivity index (χ1n) is 4.42. The van der Waals surface area contributed by atoms with Crippen molar-refractivity contribution >= 4 is 5.91 Å². The SMILES string of the molecule is CC(=O)NCC1CCCN(N)C1. The van der Waals surface area contributed by atoms with Crippen molar-refractivity contribution in [1.29, 1.82) is 0 Å². The van der Waals surface area contributed by atoms with Crippen LogP contribution < -0.4 is 11.2 Å². The molecule has 1 saturated heterocycles. The molecule has 1 atom stereocenters. The van der Waals surface area contributed by atoms with Crippen molar-refractivity contribution < 1.29 is 4.79 Å². The van der Waals surface area contributed by atoms with Crippen LogP contribution in [-0.2, 0) is 4.79 Å². The number of hydrogen-bond donors (Lipinski definition) is 2. The second-order valence-corrected chi connectivity index (χ2v) is 3.44. The molecule has 3 N–H and O–H groups in total. The highest BCUT2D eigenvalue weighted by atomic mass is 16.1. The third-order valence-electron chi connectivity index (χ3n) is 2.19. The molecule has 1 unspecified atom stereocenters. The first kappa shape index (κ1) is 9.48. The van der Waals surface area contributed by atoms with E-state index in [2.05, 4.69) is 5.32 Å². The van der Waals surface area contributed by atoms with Gasteiger partial charge in [-0.1, -0.05) is 0 Å². The minimum atomic E-state index is 0.0455. The molecular weight excluding hydrogens is 154 g/mol. The van der Waals surface area contributed by atoms with E-state index in [1.54, 1.807) is 6.92 Å². The predicted octanol–water partition coefficient (Wildman–Crippen LogP) is -0.292. The molecule has 0 aliphatic carbocycles. The zero-order valence-electron chi connectivity index (χ0n) is 7.55. The van der Waals surface area contributed by atoms with Crippen LogP contribution in [0.5, 0.6) is 0 Å². The first-order valence-corrected chi connectivity index (χ1v) is 4.42. The summed E-state index contributed by atoms with van der Waals surface area (Å²) < 4.78 is 0. The zero-order chi connectivity index (χ0) is 8.97. The van der Waals surface area contributed by atoms with E-state index in [0.717, 1.165) is 26.1 Å². The normalized spacial score (nSPS) is 25.3. The number of amides is 1. The third-order valence-corrected chi connectivity index (χ3v) is 2.19. The van der Waals surface area contributed by atoms with Crippen LogP contribution in [0.1, 0.15) is 19.8 Å². The standard InChI is InChI=1S/C8H17N3O/c1-7(12)10-5-8-3-2-4-11(9)6-8/h8H,2-6,9H2,1H3,(H,10,12). The Labute approximate surface area is 73.1 Å². The molecule has 1 aliphatic heterocycles. The van der Waals surface area contributed by atoms with Gasteiger partial charge >= 0.3 is 0 Å². The molecule has 1 amide bonds. The summed E-state index contributed by atoms with van der Waals surface area (Å²) in [5, 5.41) is 4.64. The second kappa shape index (κ2) is 4.42. The molecule has 1 aliphatic rings. The smallest absolute Gasteiger partial charge is 0.216 e. The number of nitrogens with zero attached hydrogens (tertiary/aromatic N) is 1. The predicted molar refractivity (Wildman–Crippen MR) is 47.2 cm³/mol. The van der Waals surface area contributed by atoms with Crippen molar-refractivity contribution in [2.24, 2.45) is 11.8 Å². The van der Waals surface area contributed by atoms with Crippen LogP contribution in [0, 0.1) is 5.92 Å². The van der Waals surface area contributed by atoms with Crippen LogP contribution in [-0.4, -0.2) is 30.6 Å². The molecule has 1 heterocycles. The monoisotopic (exact) mass is 171 g/mol. The summed E-state index contributed by atoms with van der Waals surface area (Å²) in [6.07, 6.45) is 2.31. The molecule has 0 radical (unpaired) electrons. The molecular formula is C8H17N3O. The summed E-state index contributed by atoms with van der Waals surface area (Å²) in [5.41, 5.74) is 0. The van der Waals surface area contributed by atoms with E-state index >= 15 is 0 Å². The fraction of sp³-hybridized carbons (Fsp3) is 0.875. The van der Waals surface area contributed by atoms with Crippen molar-refractivity contribution in [1.82, 2.24) is 10.3 Å². The lowest BCUT2D eigenvalue weighted by Crippen LogP contribution is -2.43. The van der Waals surface area contributed by atoms with Gasteiger partial charge in [-0.2, -0.15) is 0 Å². The molecule has 1 fully saturated rings. The average molecular weight is 171 g/mol. The van der Waals surface area contributed by atoms with E-state index in [9.17, 15) is 4.79 Å². The van der Waals surface area contributed by atoms with Gasteiger partial charge in [0.2, 0.25) is 5.91 Å². The number of hydrazine groups is 1. The van der Waals surface area contributed by atoms with Gasteiger partial charge in [-0.25, -0.2) is 5.01 Å². The van der Waals surface area contributed by atoms with E-state index in [1.807, 2.05) is 5.01 Å². The van der Waals surface area contributed by atoms with Crippen molar-refractivity contribution in [3.05, 3.63) is 0 Å². The maximum Gasteiger partial charge on any atom is 0.216 e. The molecule has 0 spiro atoms. The van der Waals surface area contributed by atoms with Gasteiger partial charge in [-0.3, -0.25) is 10.6 Å². The summed E-state index contributed by atoms with van der Waals surface area (Å²) in [7, 11) is 0. The second-order valence-electron chi connectivity index (χ2n) is 3.44. The summed E-state index contributed by atoms with van der Waals surface area (Å²) >= 11 is 0. The van der Waals surface area contributed by atoms with E-state index < -0.39 is 0 Å². The van der Waals surface area contributed by atoms with Gasteiger partial charge in [-0.05, 0) is 18.8 Å². The molecule has 0 saturated carbocycles. The minimum absolute atomic E-state index is 0.0455. The van der Waals surface area contributed by atoms with Crippen LogP contribution in [0.25, 0.3) is 0 Å². The molecule has 0 aromatic carbocycles. The number of rotatable bonds is 2. The molecule has 0 aromatic heterocycles. The van der Waals surface area contributed by atoms with E-state index in [-0.39, 0.29) is 5.91 Å². The van der Waals surface area contributed by atoms with Gasteiger partial charge in [0.15, 0.2) is 0 Å². The van der Waals surface area contributed by atoms with Gasteiger partial charge in [0.25, 0.3) is 0 Å². The summed E-state index contributed by atoms with van der Waals surface area (Å²) in [5.74, 6) is 6.23. The Morgan fingerprint density at radius 1 is 1.75 bits per heavy atom. The first-order chi connectivity index (χ1) is 5.68. The lowest BCUT2D eigenvalue weighted by atomic mass is 9.99. The molecule has 4 nitrogen and oxygen atoms in total. The maximum atomic E-state index is 10.6. The molecule has 12 heavy (non-hydrogen) atoms.